The van der Waals surface area contributed by atoms with Crippen LogP contribution >= 0.6 is 0 Å². The maximum absolute atomic E-state index is 13.5. The van der Waals surface area contributed by atoms with Crippen LogP contribution in [0.1, 0.15) is 17.0 Å². The van der Waals surface area contributed by atoms with Crippen molar-refractivity contribution >= 4 is 21.4 Å². The zero-order chi connectivity index (χ0) is 20.1. The summed E-state index contributed by atoms with van der Waals surface area (Å²) in [5, 5.41) is 3.86. The fraction of sp³-hybridized carbons (Fsp3) is 0.300. The van der Waals surface area contributed by atoms with E-state index in [-0.39, 0.29) is 4.90 Å². The summed E-state index contributed by atoms with van der Waals surface area (Å²) in [5.74, 6) is 0.519. The van der Waals surface area contributed by atoms with Crippen molar-refractivity contribution in [1.82, 2.24) is 10.1 Å². The monoisotopic (exact) mass is 398 g/mol. The van der Waals surface area contributed by atoms with Crippen molar-refractivity contribution < 1.29 is 12.9 Å². The summed E-state index contributed by atoms with van der Waals surface area (Å²) in [5.41, 5.74) is 4.30. The molecule has 28 heavy (non-hydrogen) atoms. The Hall–Kier alpha value is -2.87. The van der Waals surface area contributed by atoms with Crippen molar-refractivity contribution in [2.75, 3.05) is 29.3 Å². The van der Waals surface area contributed by atoms with Gasteiger partial charge in [0.05, 0.1) is 29.3 Å². The van der Waals surface area contributed by atoms with E-state index in [4.69, 9.17) is 4.52 Å². The lowest BCUT2D eigenvalue weighted by Gasteiger charge is -2.37. The molecule has 0 bridgehead atoms. The molecule has 0 fully saturated rings. The third-order valence-electron chi connectivity index (χ3n) is 5.00. The van der Waals surface area contributed by atoms with Gasteiger partial charge in [-0.15, -0.1) is 0 Å². The maximum atomic E-state index is 13.5. The number of fused-ring (bicyclic) bond motifs is 1. The molecule has 0 N–H and O–H groups in total. The molecule has 0 unspecified atom stereocenters. The van der Waals surface area contributed by atoms with E-state index in [1.54, 1.807) is 25.1 Å². The number of pyridine rings is 1. The molecule has 0 saturated heterocycles. The van der Waals surface area contributed by atoms with E-state index in [0.717, 1.165) is 22.6 Å². The zero-order valence-electron chi connectivity index (χ0n) is 16.3. The minimum absolute atomic E-state index is 0.200. The molecule has 0 saturated carbocycles. The van der Waals surface area contributed by atoms with Crippen molar-refractivity contribution in [2.45, 2.75) is 25.7 Å². The first-order valence-electron chi connectivity index (χ1n) is 9.04. The highest BCUT2D eigenvalue weighted by Gasteiger charge is 2.33. The number of sulfonamides is 1. The third kappa shape index (κ3) is 2.93. The summed E-state index contributed by atoms with van der Waals surface area (Å²) >= 11 is 0. The number of hydrogen-bond acceptors (Lipinski definition) is 6. The molecule has 3 heterocycles. The molecule has 7 nitrogen and oxygen atoms in total. The second kappa shape index (κ2) is 6.63. The standard InChI is InChI=1S/C20H22N4O3S/c1-13-6-5-7-17-20(13)24(11-10-23(17)4)28(25,26)19-9-8-16(21-15(19)3)18-12-14(2)22-27-18/h5-9,12H,10-11H2,1-4H3. The van der Waals surface area contributed by atoms with E-state index in [0.29, 0.717) is 30.2 Å². The number of aryl methyl sites for hydroxylation is 3. The Morgan fingerprint density at radius 2 is 1.86 bits per heavy atom. The Morgan fingerprint density at radius 1 is 1.07 bits per heavy atom. The van der Waals surface area contributed by atoms with E-state index in [9.17, 15) is 8.42 Å². The average Bonchev–Trinajstić information content (AvgIpc) is 3.08. The first kappa shape index (κ1) is 18.5. The van der Waals surface area contributed by atoms with E-state index >= 15 is 0 Å². The molecule has 3 aromatic rings. The number of anilines is 2. The van der Waals surface area contributed by atoms with Gasteiger partial charge >= 0.3 is 0 Å². The van der Waals surface area contributed by atoms with Gasteiger partial charge in [-0.1, -0.05) is 17.3 Å². The highest BCUT2D eigenvalue weighted by molar-refractivity contribution is 7.93. The predicted molar refractivity (Wildman–Crippen MR) is 108 cm³/mol. The second-order valence-electron chi connectivity index (χ2n) is 7.05. The molecular weight excluding hydrogens is 376 g/mol. The van der Waals surface area contributed by atoms with Crippen molar-refractivity contribution in [3.8, 4) is 11.5 Å². The summed E-state index contributed by atoms with van der Waals surface area (Å²) in [6.07, 6.45) is 0. The Morgan fingerprint density at radius 3 is 2.54 bits per heavy atom. The van der Waals surface area contributed by atoms with Crippen LogP contribution in [-0.2, 0) is 10.0 Å². The molecule has 0 atom stereocenters. The van der Waals surface area contributed by atoms with Gasteiger partial charge in [-0.2, -0.15) is 0 Å². The van der Waals surface area contributed by atoms with Gasteiger partial charge in [0.2, 0.25) is 0 Å². The van der Waals surface area contributed by atoms with Gasteiger partial charge in [-0.3, -0.25) is 4.31 Å². The molecule has 2 aromatic heterocycles. The molecule has 1 aromatic carbocycles. The fourth-order valence-corrected chi connectivity index (χ4v) is 5.25. The number of aromatic nitrogens is 2. The Bertz CT molecular complexity index is 1150. The first-order chi connectivity index (χ1) is 13.3. The fourth-order valence-electron chi connectivity index (χ4n) is 3.55. The van der Waals surface area contributed by atoms with Crippen LogP contribution in [-0.4, -0.2) is 38.7 Å². The molecule has 0 amide bonds. The van der Waals surface area contributed by atoms with E-state index in [1.807, 2.05) is 39.1 Å². The second-order valence-corrected chi connectivity index (χ2v) is 8.88. The quantitative estimate of drug-likeness (QED) is 0.673. The normalized spacial score (nSPS) is 14.3. The molecule has 1 aliphatic heterocycles. The van der Waals surface area contributed by atoms with E-state index < -0.39 is 10.0 Å². The molecule has 4 rings (SSSR count). The molecule has 146 valence electrons. The number of nitrogens with zero attached hydrogens (tertiary/aromatic N) is 4. The van der Waals surface area contributed by atoms with Crippen LogP contribution in [0.3, 0.4) is 0 Å². The summed E-state index contributed by atoms with van der Waals surface area (Å²) < 4.78 is 33.8. The summed E-state index contributed by atoms with van der Waals surface area (Å²) in [6.45, 7) is 6.47. The average molecular weight is 398 g/mol. The lowest BCUT2D eigenvalue weighted by molar-refractivity contribution is 0.426. The molecule has 0 spiro atoms. The number of hydrogen-bond donors (Lipinski definition) is 0. The van der Waals surface area contributed by atoms with Crippen molar-refractivity contribution in [1.29, 1.82) is 0 Å². The highest BCUT2D eigenvalue weighted by atomic mass is 32.2. The van der Waals surface area contributed by atoms with Crippen LogP contribution < -0.4 is 9.21 Å². The SMILES string of the molecule is Cc1cc(-c2ccc(S(=O)(=O)N3CCN(C)c4cccc(C)c43)c(C)n2)on1. The number of para-hydroxylation sites is 1. The maximum Gasteiger partial charge on any atom is 0.266 e. The van der Waals surface area contributed by atoms with Gasteiger partial charge in [-0.05, 0) is 44.5 Å². The topological polar surface area (TPSA) is 79.5 Å². The van der Waals surface area contributed by atoms with Gasteiger partial charge in [0.25, 0.3) is 10.0 Å². The largest absolute Gasteiger partial charge is 0.371 e. The third-order valence-corrected chi connectivity index (χ3v) is 6.93. The lowest BCUT2D eigenvalue weighted by atomic mass is 10.1. The zero-order valence-corrected chi connectivity index (χ0v) is 17.1. The molecule has 0 aliphatic carbocycles. The van der Waals surface area contributed by atoms with Gasteiger partial charge in [-0.25, -0.2) is 13.4 Å². The van der Waals surface area contributed by atoms with Gasteiger partial charge in [0.15, 0.2) is 5.76 Å². The van der Waals surface area contributed by atoms with Crippen LogP contribution in [0.2, 0.25) is 0 Å². The minimum atomic E-state index is -3.75. The number of rotatable bonds is 3. The summed E-state index contributed by atoms with van der Waals surface area (Å²) in [7, 11) is -1.77. The van der Waals surface area contributed by atoms with Crippen LogP contribution in [0, 0.1) is 20.8 Å². The molecular formula is C20H22N4O3S. The summed E-state index contributed by atoms with van der Waals surface area (Å²) in [6, 6.07) is 10.9. The van der Waals surface area contributed by atoms with Crippen molar-refractivity contribution in [3.63, 3.8) is 0 Å². The Balaban J connectivity index is 1.79. The lowest BCUT2D eigenvalue weighted by Crippen LogP contribution is -2.43. The summed E-state index contributed by atoms with van der Waals surface area (Å²) in [4.78, 5) is 6.74. The number of benzene rings is 1. The molecule has 8 heteroatoms. The molecule has 1 aliphatic rings. The van der Waals surface area contributed by atoms with E-state index in [2.05, 4.69) is 15.0 Å². The van der Waals surface area contributed by atoms with Crippen LogP contribution in [0.4, 0.5) is 11.4 Å². The van der Waals surface area contributed by atoms with Gasteiger partial charge in [0.1, 0.15) is 10.6 Å². The Labute approximate surface area is 164 Å². The van der Waals surface area contributed by atoms with Gasteiger partial charge in [0, 0.05) is 19.7 Å². The molecule has 0 radical (unpaired) electrons. The van der Waals surface area contributed by atoms with Crippen LogP contribution in [0.5, 0.6) is 0 Å². The highest BCUT2D eigenvalue weighted by Crippen LogP contribution is 2.38. The van der Waals surface area contributed by atoms with Crippen molar-refractivity contribution in [3.05, 3.63) is 53.3 Å². The van der Waals surface area contributed by atoms with Crippen LogP contribution in [0.25, 0.3) is 11.5 Å². The Kier molecular flexibility index (Phi) is 4.38. The first-order valence-corrected chi connectivity index (χ1v) is 10.5. The predicted octanol–water partition coefficient (Wildman–Crippen LogP) is 3.31. The van der Waals surface area contributed by atoms with E-state index in [1.165, 1.54) is 4.31 Å². The van der Waals surface area contributed by atoms with Crippen molar-refractivity contribution in [2.24, 2.45) is 0 Å². The van der Waals surface area contributed by atoms with Crippen LogP contribution in [0.15, 0.2) is 45.8 Å². The number of likely N-dealkylation sites (N-methyl/N-ethyl adjacent to an activating group) is 1. The van der Waals surface area contributed by atoms with Gasteiger partial charge < -0.3 is 9.42 Å². The smallest absolute Gasteiger partial charge is 0.266 e. The minimum Gasteiger partial charge on any atom is -0.371 e.